The van der Waals surface area contributed by atoms with Crippen LogP contribution in [0.2, 0.25) is 10.0 Å². The van der Waals surface area contributed by atoms with Gasteiger partial charge in [0, 0.05) is 28.0 Å². The average Bonchev–Trinajstić information content (AvgIpc) is 3.52. The van der Waals surface area contributed by atoms with E-state index in [1.807, 2.05) is 78.3 Å². The fourth-order valence-corrected chi connectivity index (χ4v) is 4.81. The van der Waals surface area contributed by atoms with Gasteiger partial charge in [-0.1, -0.05) is 58.6 Å². The first kappa shape index (κ1) is 21.7. The van der Waals surface area contributed by atoms with E-state index in [4.69, 9.17) is 33.9 Å². The van der Waals surface area contributed by atoms with Gasteiger partial charge in [-0.25, -0.2) is 9.97 Å². The van der Waals surface area contributed by atoms with Crippen LogP contribution in [-0.2, 0) is 12.6 Å². The highest BCUT2D eigenvalue weighted by Gasteiger charge is 2.35. The Labute approximate surface area is 210 Å². The van der Waals surface area contributed by atoms with Crippen molar-refractivity contribution >= 4 is 39.9 Å². The number of rotatable bonds is 4. The molecular formula is C25H18Cl2N8. The van der Waals surface area contributed by atoms with E-state index in [1.54, 1.807) is 17.0 Å². The minimum atomic E-state index is -1.02. The Kier molecular flexibility index (Phi) is 5.03. The van der Waals surface area contributed by atoms with E-state index in [0.29, 0.717) is 21.5 Å². The lowest BCUT2D eigenvalue weighted by molar-refractivity contribution is 0.596. The first-order chi connectivity index (χ1) is 16.9. The number of nitrogens with zero attached hydrogens (tertiary/aromatic N) is 7. The van der Waals surface area contributed by atoms with Gasteiger partial charge in [0.15, 0.2) is 0 Å². The highest BCUT2D eigenvalue weighted by atomic mass is 35.5. The number of tetrazole rings is 1. The number of halogens is 2. The average molecular weight is 501 g/mol. The molecule has 8 nitrogen and oxygen atoms in total. The molecule has 6 aromatic rings. The molecule has 0 fully saturated rings. The SMILES string of the molecule is Cn1cncc1[C@@](N)(c1ccc(Cl)cc1)c1ccc2c(c1)c(-c1cccc(Cl)c1)nc1nnnn12. The third-order valence-corrected chi connectivity index (χ3v) is 6.71. The Bertz CT molecular complexity index is 1710. The molecule has 0 radical (unpaired) electrons. The van der Waals surface area contributed by atoms with Crippen molar-refractivity contribution in [1.82, 2.24) is 34.6 Å². The fraction of sp³-hybridized carbons (Fsp3) is 0.0800. The van der Waals surface area contributed by atoms with Gasteiger partial charge in [0.05, 0.1) is 29.4 Å². The van der Waals surface area contributed by atoms with Crippen molar-refractivity contribution in [2.45, 2.75) is 5.54 Å². The molecule has 3 heterocycles. The molecule has 6 rings (SSSR count). The third-order valence-electron chi connectivity index (χ3n) is 6.22. The van der Waals surface area contributed by atoms with E-state index < -0.39 is 5.54 Å². The number of imidazole rings is 1. The number of hydrogen-bond donors (Lipinski definition) is 1. The monoisotopic (exact) mass is 500 g/mol. The second kappa shape index (κ2) is 8.13. The fourth-order valence-electron chi connectivity index (χ4n) is 4.49. The molecule has 0 bridgehead atoms. The Morgan fingerprint density at radius 3 is 2.46 bits per heavy atom. The maximum absolute atomic E-state index is 7.26. The number of benzene rings is 3. The van der Waals surface area contributed by atoms with E-state index in [-0.39, 0.29) is 0 Å². The Morgan fingerprint density at radius 1 is 0.914 bits per heavy atom. The molecule has 2 N–H and O–H groups in total. The lowest BCUT2D eigenvalue weighted by Crippen LogP contribution is -2.40. The van der Waals surface area contributed by atoms with E-state index in [2.05, 4.69) is 20.5 Å². The van der Waals surface area contributed by atoms with E-state index in [0.717, 1.165) is 33.3 Å². The van der Waals surface area contributed by atoms with Crippen molar-refractivity contribution in [3.63, 3.8) is 0 Å². The van der Waals surface area contributed by atoms with Crippen LogP contribution >= 0.6 is 23.2 Å². The zero-order valence-corrected chi connectivity index (χ0v) is 20.0. The van der Waals surface area contributed by atoms with Gasteiger partial charge in [0.1, 0.15) is 5.54 Å². The Hall–Kier alpha value is -3.85. The van der Waals surface area contributed by atoms with Gasteiger partial charge in [-0.3, -0.25) is 0 Å². The number of aryl methyl sites for hydroxylation is 1. The number of nitrogens with two attached hydrogens (primary N) is 1. The summed E-state index contributed by atoms with van der Waals surface area (Å²) in [6, 6.07) is 21.0. The van der Waals surface area contributed by atoms with Crippen molar-refractivity contribution < 1.29 is 0 Å². The summed E-state index contributed by atoms with van der Waals surface area (Å²) in [6.45, 7) is 0. The highest BCUT2D eigenvalue weighted by Crippen LogP contribution is 2.38. The topological polar surface area (TPSA) is 99.8 Å². The first-order valence-electron chi connectivity index (χ1n) is 10.7. The molecule has 0 aliphatic carbocycles. The zero-order chi connectivity index (χ0) is 24.2. The van der Waals surface area contributed by atoms with E-state index in [9.17, 15) is 0 Å². The summed E-state index contributed by atoms with van der Waals surface area (Å²) in [5, 5.41) is 14.1. The summed E-state index contributed by atoms with van der Waals surface area (Å²) >= 11 is 12.5. The number of hydrogen-bond acceptors (Lipinski definition) is 6. The van der Waals surface area contributed by atoms with Crippen molar-refractivity contribution in [2.75, 3.05) is 0 Å². The first-order valence-corrected chi connectivity index (χ1v) is 11.5. The molecule has 3 aromatic heterocycles. The van der Waals surface area contributed by atoms with Gasteiger partial charge in [-0.2, -0.15) is 4.52 Å². The van der Waals surface area contributed by atoms with Crippen LogP contribution in [0.15, 0.2) is 79.3 Å². The molecule has 1 atom stereocenters. The molecule has 0 unspecified atom stereocenters. The molecule has 0 saturated heterocycles. The van der Waals surface area contributed by atoms with Crippen molar-refractivity contribution in [2.24, 2.45) is 12.8 Å². The predicted molar refractivity (Wildman–Crippen MR) is 135 cm³/mol. The lowest BCUT2D eigenvalue weighted by atomic mass is 9.80. The smallest absolute Gasteiger partial charge is 0.274 e. The molecule has 172 valence electrons. The summed E-state index contributed by atoms with van der Waals surface area (Å²) < 4.78 is 3.52. The highest BCUT2D eigenvalue weighted by molar-refractivity contribution is 6.31. The maximum Gasteiger partial charge on any atom is 0.274 e. The van der Waals surface area contributed by atoms with Crippen LogP contribution in [0.1, 0.15) is 16.8 Å². The van der Waals surface area contributed by atoms with Crippen LogP contribution in [0.4, 0.5) is 0 Å². The van der Waals surface area contributed by atoms with Gasteiger partial charge in [-0.15, -0.1) is 0 Å². The largest absolute Gasteiger partial charge is 0.336 e. The second-order valence-electron chi connectivity index (χ2n) is 8.30. The van der Waals surface area contributed by atoms with Crippen LogP contribution in [0.3, 0.4) is 0 Å². The van der Waals surface area contributed by atoms with E-state index in [1.165, 1.54) is 0 Å². The van der Waals surface area contributed by atoms with Gasteiger partial charge in [0.25, 0.3) is 5.78 Å². The Morgan fingerprint density at radius 2 is 1.71 bits per heavy atom. The number of fused-ring (bicyclic) bond motifs is 3. The van der Waals surface area contributed by atoms with Gasteiger partial charge in [-0.05, 0) is 58.0 Å². The summed E-state index contributed by atoms with van der Waals surface area (Å²) in [7, 11) is 1.92. The number of aromatic nitrogens is 7. The molecule has 0 saturated carbocycles. The predicted octanol–water partition coefficient (Wildman–Crippen LogP) is 4.63. The second-order valence-corrected chi connectivity index (χ2v) is 9.17. The van der Waals surface area contributed by atoms with Gasteiger partial charge in [0.2, 0.25) is 0 Å². The van der Waals surface area contributed by atoms with Crippen molar-refractivity contribution in [3.8, 4) is 11.3 Å². The van der Waals surface area contributed by atoms with Crippen LogP contribution in [-0.4, -0.2) is 34.6 Å². The molecule has 0 amide bonds. The quantitative estimate of drug-likeness (QED) is 0.378. The Balaban J connectivity index is 1.68. The molecule has 3 aromatic carbocycles. The third kappa shape index (κ3) is 3.46. The zero-order valence-electron chi connectivity index (χ0n) is 18.5. The molecule has 0 aliphatic heterocycles. The normalized spacial score (nSPS) is 13.4. The maximum atomic E-state index is 7.26. The van der Waals surface area contributed by atoms with Crippen molar-refractivity contribution in [3.05, 3.63) is 106 Å². The van der Waals surface area contributed by atoms with Gasteiger partial charge >= 0.3 is 0 Å². The van der Waals surface area contributed by atoms with Crippen LogP contribution in [0.5, 0.6) is 0 Å². The lowest BCUT2D eigenvalue weighted by Gasteiger charge is -2.31. The van der Waals surface area contributed by atoms with Crippen LogP contribution in [0.25, 0.3) is 27.9 Å². The van der Waals surface area contributed by atoms with Crippen molar-refractivity contribution in [1.29, 1.82) is 0 Å². The summed E-state index contributed by atoms with van der Waals surface area (Å²) in [5.74, 6) is 0.392. The van der Waals surface area contributed by atoms with Crippen LogP contribution in [0, 0.1) is 0 Å². The summed E-state index contributed by atoms with van der Waals surface area (Å²) in [6.07, 6.45) is 3.51. The molecule has 0 aliphatic rings. The molecular weight excluding hydrogens is 483 g/mol. The van der Waals surface area contributed by atoms with E-state index >= 15 is 0 Å². The van der Waals surface area contributed by atoms with Gasteiger partial charge < -0.3 is 10.3 Å². The minimum absolute atomic E-state index is 0.392. The van der Waals surface area contributed by atoms with Crippen LogP contribution < -0.4 is 5.73 Å². The minimum Gasteiger partial charge on any atom is -0.336 e. The molecule has 10 heteroatoms. The molecule has 35 heavy (non-hydrogen) atoms. The summed E-state index contributed by atoms with van der Waals surface area (Å²) in [4.78, 5) is 9.08. The molecule has 0 spiro atoms. The summed E-state index contributed by atoms with van der Waals surface area (Å²) in [5.41, 5.74) is 11.1. The standard InChI is InChI=1S/C25H18Cl2N8/c1-34-14-29-13-22(34)25(28,16-5-8-18(26)9-6-16)17-7-10-21-20(12-17)23(15-3-2-4-19(27)11-15)30-24-31-32-33-35(21)24/h2-14H,28H2,1H3/t25-/m1/s1.